The van der Waals surface area contributed by atoms with Crippen molar-refractivity contribution in [1.29, 1.82) is 0 Å². The lowest BCUT2D eigenvalue weighted by atomic mass is 9.90. The monoisotopic (exact) mass is 279 g/mol. The molecule has 5 rings (SSSR count). The Bertz CT molecular complexity index is 800. The minimum atomic E-state index is -0.524. The molecule has 3 atom stereocenters. The Morgan fingerprint density at radius 2 is 2.05 bits per heavy atom. The zero-order valence-corrected chi connectivity index (χ0v) is 11.4. The predicted octanol–water partition coefficient (Wildman–Crippen LogP) is 3.38. The molecule has 104 valence electrons. The maximum absolute atomic E-state index is 13.7. The topological polar surface area (TPSA) is 29.1 Å². The van der Waals surface area contributed by atoms with Crippen molar-refractivity contribution >= 4 is 11.6 Å². The van der Waals surface area contributed by atoms with E-state index in [0.717, 1.165) is 24.1 Å². The third-order valence-electron chi connectivity index (χ3n) is 5.53. The molecule has 1 aliphatic heterocycles. The highest BCUT2D eigenvalue weighted by Gasteiger charge is 2.73. The van der Waals surface area contributed by atoms with Crippen molar-refractivity contribution in [3.05, 3.63) is 65.0 Å². The Morgan fingerprint density at radius 1 is 1.19 bits per heavy atom. The van der Waals surface area contributed by atoms with Crippen LogP contribution in [-0.4, -0.2) is 5.91 Å². The number of halogens is 1. The summed E-state index contributed by atoms with van der Waals surface area (Å²) in [6, 6.07) is 13.0. The molecule has 1 saturated carbocycles. The zero-order valence-electron chi connectivity index (χ0n) is 11.4. The number of nitrogens with one attached hydrogen (secondary N) is 1. The van der Waals surface area contributed by atoms with Crippen molar-refractivity contribution in [1.82, 2.24) is 0 Å². The van der Waals surface area contributed by atoms with E-state index in [0.29, 0.717) is 5.92 Å². The van der Waals surface area contributed by atoms with E-state index in [1.165, 1.54) is 17.2 Å². The lowest BCUT2D eigenvalue weighted by Crippen LogP contribution is -2.22. The summed E-state index contributed by atoms with van der Waals surface area (Å²) in [5, 5.41) is 2.96. The summed E-state index contributed by atoms with van der Waals surface area (Å²) < 4.78 is 13.7. The van der Waals surface area contributed by atoms with E-state index in [4.69, 9.17) is 0 Å². The number of aryl methyl sites for hydroxylation is 1. The summed E-state index contributed by atoms with van der Waals surface area (Å²) in [5.74, 6) is 0.317. The molecular weight excluding hydrogens is 265 g/mol. The van der Waals surface area contributed by atoms with Gasteiger partial charge in [-0.05, 0) is 53.6 Å². The van der Waals surface area contributed by atoms with Gasteiger partial charge in [0.05, 0.1) is 5.41 Å². The average molecular weight is 279 g/mol. The molecule has 2 aromatic rings. The molecule has 0 radical (unpaired) electrons. The second-order valence-electron chi connectivity index (χ2n) is 6.33. The van der Waals surface area contributed by atoms with Gasteiger partial charge in [-0.3, -0.25) is 4.79 Å². The highest BCUT2D eigenvalue weighted by molar-refractivity contribution is 6.10. The van der Waals surface area contributed by atoms with E-state index < -0.39 is 5.41 Å². The molecular formula is C18H14FNO. The van der Waals surface area contributed by atoms with Gasteiger partial charge in [-0.2, -0.15) is 0 Å². The molecule has 3 unspecified atom stereocenters. The van der Waals surface area contributed by atoms with Gasteiger partial charge in [0, 0.05) is 11.6 Å². The van der Waals surface area contributed by atoms with Crippen LogP contribution in [0.5, 0.6) is 0 Å². The van der Waals surface area contributed by atoms with Crippen molar-refractivity contribution in [3.8, 4) is 0 Å². The number of hydrogen-bond donors (Lipinski definition) is 1. The van der Waals surface area contributed by atoms with Crippen LogP contribution in [0, 0.1) is 11.7 Å². The highest BCUT2D eigenvalue weighted by Crippen LogP contribution is 2.72. The molecule has 1 fully saturated rings. The maximum Gasteiger partial charge on any atom is 0.236 e. The van der Waals surface area contributed by atoms with Crippen LogP contribution in [0.4, 0.5) is 10.1 Å². The normalized spacial score (nSPS) is 31.4. The number of amides is 1. The first-order valence-corrected chi connectivity index (χ1v) is 7.42. The van der Waals surface area contributed by atoms with Gasteiger partial charge in [0.15, 0.2) is 0 Å². The molecule has 1 N–H and O–H groups in total. The highest BCUT2D eigenvalue weighted by atomic mass is 19.1. The fourth-order valence-electron chi connectivity index (χ4n) is 4.68. The first-order valence-electron chi connectivity index (χ1n) is 7.42. The quantitative estimate of drug-likeness (QED) is 0.787. The third kappa shape index (κ3) is 1.21. The van der Waals surface area contributed by atoms with E-state index in [1.807, 2.05) is 6.07 Å². The number of carbonyl (C=O) groups excluding carboxylic acids is 1. The number of carbonyl (C=O) groups is 1. The lowest BCUT2D eigenvalue weighted by Gasteiger charge is -2.13. The summed E-state index contributed by atoms with van der Waals surface area (Å²) in [5.41, 5.74) is 3.74. The van der Waals surface area contributed by atoms with Gasteiger partial charge >= 0.3 is 0 Å². The molecule has 2 aromatic carbocycles. The Morgan fingerprint density at radius 3 is 2.95 bits per heavy atom. The summed E-state index contributed by atoms with van der Waals surface area (Å²) in [6.07, 6.45) is 2.02. The summed E-state index contributed by atoms with van der Waals surface area (Å²) >= 11 is 0. The molecule has 21 heavy (non-hydrogen) atoms. The Kier molecular flexibility index (Phi) is 1.93. The van der Waals surface area contributed by atoms with Gasteiger partial charge in [0.1, 0.15) is 5.82 Å². The van der Waals surface area contributed by atoms with Gasteiger partial charge in [0.2, 0.25) is 5.91 Å². The van der Waals surface area contributed by atoms with Gasteiger partial charge in [-0.1, -0.05) is 24.3 Å². The Labute approximate surface area is 122 Å². The van der Waals surface area contributed by atoms with Gasteiger partial charge < -0.3 is 5.32 Å². The second-order valence-corrected chi connectivity index (χ2v) is 6.33. The van der Waals surface area contributed by atoms with Crippen LogP contribution < -0.4 is 5.32 Å². The van der Waals surface area contributed by atoms with Crippen molar-refractivity contribution in [2.75, 3.05) is 5.32 Å². The minimum Gasteiger partial charge on any atom is -0.325 e. The molecule has 3 aliphatic rings. The van der Waals surface area contributed by atoms with E-state index in [1.54, 1.807) is 12.1 Å². The predicted molar refractivity (Wildman–Crippen MR) is 77.7 cm³/mol. The van der Waals surface area contributed by atoms with Crippen molar-refractivity contribution < 1.29 is 9.18 Å². The molecule has 2 nitrogen and oxygen atoms in total. The third-order valence-corrected chi connectivity index (χ3v) is 5.53. The van der Waals surface area contributed by atoms with Crippen molar-refractivity contribution in [3.63, 3.8) is 0 Å². The molecule has 2 aliphatic carbocycles. The average Bonchev–Trinajstić information content (AvgIpc) is 3.11. The molecule has 3 heteroatoms. The maximum atomic E-state index is 13.7. The molecule has 0 saturated heterocycles. The van der Waals surface area contributed by atoms with Crippen LogP contribution >= 0.6 is 0 Å². The summed E-state index contributed by atoms with van der Waals surface area (Å²) in [7, 11) is 0. The number of fused-ring (bicyclic) bond motifs is 7. The molecule has 1 spiro atoms. The van der Waals surface area contributed by atoms with Crippen LogP contribution in [0.25, 0.3) is 0 Å². The Balaban J connectivity index is 1.73. The van der Waals surface area contributed by atoms with E-state index >= 15 is 0 Å². The first-order chi connectivity index (χ1) is 10.2. The molecule has 1 amide bonds. The summed E-state index contributed by atoms with van der Waals surface area (Å²) in [6.45, 7) is 0. The molecule has 1 heterocycles. The van der Waals surface area contributed by atoms with E-state index in [2.05, 4.69) is 23.5 Å². The van der Waals surface area contributed by atoms with Gasteiger partial charge in [-0.15, -0.1) is 0 Å². The van der Waals surface area contributed by atoms with Crippen LogP contribution in [0.2, 0.25) is 0 Å². The fraction of sp³-hybridized carbons (Fsp3) is 0.278. The van der Waals surface area contributed by atoms with Gasteiger partial charge in [0.25, 0.3) is 0 Å². The van der Waals surface area contributed by atoms with Crippen LogP contribution in [-0.2, 0) is 16.6 Å². The van der Waals surface area contributed by atoms with Gasteiger partial charge in [-0.25, -0.2) is 4.39 Å². The fourth-order valence-corrected chi connectivity index (χ4v) is 4.68. The SMILES string of the molecule is O=C1Nc2ccc(F)cc2C12C1CCc3ccccc3C12. The minimum absolute atomic E-state index is 0.0507. The van der Waals surface area contributed by atoms with Crippen molar-refractivity contribution in [2.24, 2.45) is 5.92 Å². The van der Waals surface area contributed by atoms with E-state index in [9.17, 15) is 9.18 Å². The number of benzene rings is 2. The Hall–Kier alpha value is -2.16. The molecule has 0 aromatic heterocycles. The summed E-state index contributed by atoms with van der Waals surface area (Å²) in [4.78, 5) is 12.7. The van der Waals surface area contributed by atoms with Crippen LogP contribution in [0.15, 0.2) is 42.5 Å². The molecule has 0 bridgehead atoms. The first kappa shape index (κ1) is 11.5. The second kappa shape index (κ2) is 3.53. The van der Waals surface area contributed by atoms with E-state index in [-0.39, 0.29) is 17.6 Å². The standard InChI is InChI=1S/C18H14FNO/c19-11-6-8-15-14(9-11)18(17(21)20-15)13-7-5-10-3-1-2-4-12(10)16(13)18/h1-4,6,8-9,13,16H,5,7H2,(H,20,21). The lowest BCUT2D eigenvalue weighted by molar-refractivity contribution is -0.118. The number of hydrogen-bond acceptors (Lipinski definition) is 1. The van der Waals surface area contributed by atoms with Crippen LogP contribution in [0.3, 0.4) is 0 Å². The zero-order chi connectivity index (χ0) is 14.2. The van der Waals surface area contributed by atoms with Crippen LogP contribution in [0.1, 0.15) is 29.0 Å². The van der Waals surface area contributed by atoms with Crippen molar-refractivity contribution in [2.45, 2.75) is 24.2 Å². The largest absolute Gasteiger partial charge is 0.325 e. The smallest absolute Gasteiger partial charge is 0.236 e. The number of rotatable bonds is 0. The number of anilines is 1.